The molecule has 1 atom stereocenters. The van der Waals surface area contributed by atoms with Gasteiger partial charge in [-0.25, -0.2) is 4.99 Å². The van der Waals surface area contributed by atoms with Crippen molar-refractivity contribution in [1.82, 2.24) is 0 Å². The molecule has 1 rings (SSSR count). The molecule has 0 saturated heterocycles. The number of hydrogen-bond donors (Lipinski definition) is 1. The predicted molar refractivity (Wildman–Crippen MR) is 70.3 cm³/mol. The highest BCUT2D eigenvalue weighted by Gasteiger charge is 2.36. The topological polar surface area (TPSA) is 58.9 Å². The summed E-state index contributed by atoms with van der Waals surface area (Å²) in [6.07, 6.45) is 4.38. The summed E-state index contributed by atoms with van der Waals surface area (Å²) >= 11 is 0. The van der Waals surface area contributed by atoms with Crippen LogP contribution in [0.15, 0.2) is 16.3 Å². The van der Waals surface area contributed by atoms with Gasteiger partial charge in [0.05, 0.1) is 6.61 Å². The minimum Gasteiger partial charge on any atom is -0.320 e. The van der Waals surface area contributed by atoms with Gasteiger partial charge in [0.15, 0.2) is 5.45 Å². The summed E-state index contributed by atoms with van der Waals surface area (Å²) in [5.74, 6) is 0. The Hall–Kier alpha value is -0.440. The molecule has 0 radical (unpaired) electrons. The maximum atomic E-state index is 12.0. The zero-order valence-electron chi connectivity index (χ0n) is 10.9. The van der Waals surface area contributed by atoms with E-state index in [2.05, 4.69) is 18.8 Å². The first kappa shape index (κ1) is 14.6. The van der Waals surface area contributed by atoms with Crippen molar-refractivity contribution in [3.8, 4) is 0 Å². The van der Waals surface area contributed by atoms with Gasteiger partial charge in [-0.2, -0.15) is 0 Å². The monoisotopic (exact) mass is 259 g/mol. The average molecular weight is 259 g/mol. The largest absolute Gasteiger partial charge is 0.377 e. The number of nitrogens with zero attached hydrogens (tertiary/aromatic N) is 1. The molecule has 0 bridgehead atoms. The molecule has 0 amide bonds. The van der Waals surface area contributed by atoms with Crippen molar-refractivity contribution in [2.75, 3.05) is 6.61 Å². The van der Waals surface area contributed by atoms with E-state index in [9.17, 15) is 9.46 Å². The molecule has 1 heterocycles. The average Bonchev–Trinajstić information content (AvgIpc) is 2.28. The third-order valence-electron chi connectivity index (χ3n) is 2.58. The van der Waals surface area contributed by atoms with Gasteiger partial charge < -0.3 is 9.42 Å². The molecule has 0 saturated carbocycles. The van der Waals surface area contributed by atoms with Crippen LogP contribution in [0.2, 0.25) is 0 Å². The van der Waals surface area contributed by atoms with E-state index in [0.29, 0.717) is 12.1 Å². The molecule has 1 aliphatic heterocycles. The summed E-state index contributed by atoms with van der Waals surface area (Å²) < 4.78 is 17.0. The molecule has 4 nitrogen and oxygen atoms in total. The highest BCUT2D eigenvalue weighted by atomic mass is 31.2. The van der Waals surface area contributed by atoms with E-state index in [1.807, 2.05) is 6.92 Å². The van der Waals surface area contributed by atoms with Crippen molar-refractivity contribution in [2.24, 2.45) is 4.99 Å². The lowest BCUT2D eigenvalue weighted by Crippen LogP contribution is -2.17. The first-order valence-electron chi connectivity index (χ1n) is 6.35. The molecule has 17 heavy (non-hydrogen) atoms. The van der Waals surface area contributed by atoms with Crippen LogP contribution >= 0.6 is 7.60 Å². The maximum absolute atomic E-state index is 12.0. The fourth-order valence-corrected chi connectivity index (χ4v) is 3.18. The van der Waals surface area contributed by atoms with Crippen LogP contribution in [-0.4, -0.2) is 17.0 Å². The Bertz CT molecular complexity index is 374. The Morgan fingerprint density at radius 3 is 2.35 bits per heavy atom. The first-order chi connectivity index (χ1) is 8.06. The highest BCUT2D eigenvalue weighted by Crippen LogP contribution is 2.52. The summed E-state index contributed by atoms with van der Waals surface area (Å²) in [6.45, 7) is 6.35. The number of allylic oxidation sites excluding steroid dienone is 2. The normalized spacial score (nSPS) is 18.7. The first-order valence-corrected chi connectivity index (χ1v) is 7.93. The fourth-order valence-electron chi connectivity index (χ4n) is 1.80. The van der Waals surface area contributed by atoms with E-state index >= 15 is 0 Å². The quantitative estimate of drug-likeness (QED) is 0.673. The lowest BCUT2D eigenvalue weighted by molar-refractivity contribution is 0.271. The zero-order chi connectivity index (χ0) is 12.9. The lowest BCUT2D eigenvalue weighted by atomic mass is 10.0. The van der Waals surface area contributed by atoms with Crippen LogP contribution in [0.5, 0.6) is 0 Å². The van der Waals surface area contributed by atoms with E-state index in [4.69, 9.17) is 4.52 Å². The van der Waals surface area contributed by atoms with Crippen molar-refractivity contribution >= 4 is 13.0 Å². The van der Waals surface area contributed by atoms with Crippen LogP contribution in [0.25, 0.3) is 0 Å². The van der Waals surface area contributed by atoms with E-state index in [0.717, 1.165) is 43.4 Å². The lowest BCUT2D eigenvalue weighted by Gasteiger charge is -2.25. The smallest absolute Gasteiger partial charge is 0.320 e. The molecule has 5 heteroatoms. The Balaban J connectivity index is 2.73. The second kappa shape index (κ2) is 6.48. The standard InChI is InChI=1S/C12H22NO3P/c1-4-7-10-11(8-5-2)13-12(10)17(14,15)16-9-6-3/h4-9H2,1-3H3,(H,14,15). The Labute approximate surface area is 103 Å². The Kier molecular flexibility index (Phi) is 5.57. The van der Waals surface area contributed by atoms with E-state index in [1.54, 1.807) is 0 Å². The second-order valence-corrected chi connectivity index (χ2v) is 5.94. The van der Waals surface area contributed by atoms with Gasteiger partial charge in [-0.15, -0.1) is 0 Å². The van der Waals surface area contributed by atoms with Crippen molar-refractivity contribution in [3.63, 3.8) is 0 Å². The Morgan fingerprint density at radius 2 is 1.82 bits per heavy atom. The fraction of sp³-hybridized carbons (Fsp3) is 0.750. The summed E-state index contributed by atoms with van der Waals surface area (Å²) in [4.78, 5) is 14.0. The molecule has 0 aromatic carbocycles. The zero-order valence-corrected chi connectivity index (χ0v) is 11.8. The van der Waals surface area contributed by atoms with Crippen molar-refractivity contribution < 1.29 is 14.0 Å². The van der Waals surface area contributed by atoms with Crippen molar-refractivity contribution in [3.05, 3.63) is 11.3 Å². The molecular formula is C12H22NO3P. The summed E-state index contributed by atoms with van der Waals surface area (Å²) in [6, 6.07) is 0. The molecule has 0 fully saturated rings. The van der Waals surface area contributed by atoms with Crippen LogP contribution < -0.4 is 0 Å². The van der Waals surface area contributed by atoms with Gasteiger partial charge in [0.2, 0.25) is 0 Å². The molecule has 0 aromatic rings. The SMILES string of the molecule is CCCOP(=O)(O)C1=NC(CCC)=C1CCC. The second-order valence-electron chi connectivity index (χ2n) is 4.21. The molecule has 1 aliphatic rings. The van der Waals surface area contributed by atoms with E-state index in [1.165, 1.54) is 0 Å². The van der Waals surface area contributed by atoms with Crippen LogP contribution in [0, 0.1) is 0 Å². The van der Waals surface area contributed by atoms with Gasteiger partial charge in [0.25, 0.3) is 0 Å². The van der Waals surface area contributed by atoms with E-state index < -0.39 is 7.60 Å². The summed E-state index contributed by atoms with van der Waals surface area (Å²) in [5.41, 5.74) is 2.24. The Morgan fingerprint density at radius 1 is 1.18 bits per heavy atom. The van der Waals surface area contributed by atoms with Crippen molar-refractivity contribution in [1.29, 1.82) is 0 Å². The van der Waals surface area contributed by atoms with Crippen LogP contribution in [-0.2, 0) is 9.09 Å². The molecule has 0 aliphatic carbocycles. The molecular weight excluding hydrogens is 237 g/mol. The van der Waals surface area contributed by atoms with Gasteiger partial charge in [-0.1, -0.05) is 33.6 Å². The molecule has 1 N–H and O–H groups in total. The molecule has 0 aromatic heterocycles. The molecule has 98 valence electrons. The summed E-state index contributed by atoms with van der Waals surface area (Å²) in [7, 11) is -3.67. The van der Waals surface area contributed by atoms with Crippen LogP contribution in [0.3, 0.4) is 0 Å². The minimum atomic E-state index is -3.67. The highest BCUT2D eigenvalue weighted by molar-refractivity contribution is 7.72. The minimum absolute atomic E-state index is 0.301. The molecule has 0 spiro atoms. The van der Waals surface area contributed by atoms with Gasteiger partial charge in [-0.3, -0.25) is 4.57 Å². The van der Waals surface area contributed by atoms with Gasteiger partial charge in [-0.05, 0) is 19.3 Å². The van der Waals surface area contributed by atoms with Crippen molar-refractivity contribution in [2.45, 2.75) is 52.9 Å². The third-order valence-corrected chi connectivity index (χ3v) is 4.02. The summed E-state index contributed by atoms with van der Waals surface area (Å²) in [5, 5.41) is 0. The van der Waals surface area contributed by atoms with Gasteiger partial charge in [0.1, 0.15) is 0 Å². The number of aliphatic imine (C=N–C) groups is 1. The van der Waals surface area contributed by atoms with E-state index in [-0.39, 0.29) is 0 Å². The van der Waals surface area contributed by atoms with Crippen LogP contribution in [0.1, 0.15) is 52.9 Å². The van der Waals surface area contributed by atoms with Gasteiger partial charge >= 0.3 is 7.60 Å². The maximum Gasteiger partial charge on any atom is 0.377 e. The number of hydrogen-bond acceptors (Lipinski definition) is 3. The van der Waals surface area contributed by atoms with Crippen LogP contribution in [0.4, 0.5) is 0 Å². The number of rotatable bonds is 8. The third kappa shape index (κ3) is 3.51. The predicted octanol–water partition coefficient (Wildman–Crippen LogP) is 3.86. The van der Waals surface area contributed by atoms with Gasteiger partial charge in [0, 0.05) is 11.3 Å². The molecule has 1 unspecified atom stereocenters.